The van der Waals surface area contributed by atoms with Gasteiger partial charge in [0.25, 0.3) is 5.91 Å². The normalized spacial score (nSPS) is 17.9. The topological polar surface area (TPSA) is 50.4 Å². The first-order chi connectivity index (χ1) is 11.0. The van der Waals surface area contributed by atoms with Crippen molar-refractivity contribution in [2.45, 2.75) is 51.7 Å². The van der Waals surface area contributed by atoms with E-state index in [-0.39, 0.29) is 24.4 Å². The van der Waals surface area contributed by atoms with Crippen LogP contribution >= 0.6 is 12.4 Å². The second kappa shape index (κ2) is 9.40. The number of amides is 1. The quantitative estimate of drug-likeness (QED) is 0.824. The molecule has 2 rings (SSSR count). The summed E-state index contributed by atoms with van der Waals surface area (Å²) >= 11 is 0. The van der Waals surface area contributed by atoms with Crippen molar-refractivity contribution in [3.63, 3.8) is 0 Å². The number of hydrogen-bond acceptors (Lipinski definition) is 3. The van der Waals surface area contributed by atoms with Gasteiger partial charge >= 0.3 is 0 Å². The molecule has 136 valence electrons. The van der Waals surface area contributed by atoms with Gasteiger partial charge in [-0.1, -0.05) is 38.1 Å². The maximum Gasteiger partial charge on any atom is 0.252 e. The zero-order chi connectivity index (χ0) is 16.9. The van der Waals surface area contributed by atoms with Crippen molar-refractivity contribution in [1.29, 1.82) is 0 Å². The molecule has 0 saturated carbocycles. The van der Waals surface area contributed by atoms with E-state index in [4.69, 9.17) is 4.74 Å². The van der Waals surface area contributed by atoms with Crippen molar-refractivity contribution in [3.05, 3.63) is 35.4 Å². The molecule has 0 spiro atoms. The maximum absolute atomic E-state index is 12.7. The van der Waals surface area contributed by atoms with Crippen LogP contribution in [0.4, 0.5) is 0 Å². The Morgan fingerprint density at radius 3 is 2.29 bits per heavy atom. The van der Waals surface area contributed by atoms with Crippen molar-refractivity contribution >= 4 is 18.3 Å². The lowest BCUT2D eigenvalue weighted by Crippen LogP contribution is -2.54. The van der Waals surface area contributed by atoms with Gasteiger partial charge in [-0.15, -0.1) is 12.4 Å². The van der Waals surface area contributed by atoms with Crippen LogP contribution in [-0.2, 0) is 16.0 Å². The third-order valence-electron chi connectivity index (χ3n) is 4.69. The zero-order valence-corrected chi connectivity index (χ0v) is 16.0. The minimum atomic E-state index is -0.683. The number of carbonyl (C=O) groups is 1. The maximum atomic E-state index is 12.7. The lowest BCUT2D eigenvalue weighted by molar-refractivity contribution is -0.147. The number of halogens is 1. The minimum absolute atomic E-state index is 0. The summed E-state index contributed by atoms with van der Waals surface area (Å²) in [6, 6.07) is 8.54. The second-order valence-corrected chi connectivity index (χ2v) is 6.98. The SMILES string of the molecule is COC1(C(=O)NC(C)c2ccc(CC(C)C)cc2)CCNCC1.Cl. The van der Waals surface area contributed by atoms with E-state index in [0.717, 1.165) is 37.9 Å². The summed E-state index contributed by atoms with van der Waals surface area (Å²) in [5, 5.41) is 6.40. The lowest BCUT2D eigenvalue weighted by Gasteiger charge is -2.35. The number of rotatable bonds is 6. The van der Waals surface area contributed by atoms with Gasteiger partial charge in [-0.3, -0.25) is 4.79 Å². The number of methoxy groups -OCH3 is 1. The number of piperidine rings is 1. The summed E-state index contributed by atoms with van der Waals surface area (Å²) in [6.07, 6.45) is 2.52. The van der Waals surface area contributed by atoms with Crippen LogP contribution in [0.25, 0.3) is 0 Å². The number of carbonyl (C=O) groups excluding carboxylic acids is 1. The number of nitrogens with one attached hydrogen (secondary N) is 2. The monoisotopic (exact) mass is 354 g/mol. The predicted molar refractivity (Wildman–Crippen MR) is 101 cm³/mol. The van der Waals surface area contributed by atoms with E-state index in [1.807, 2.05) is 6.92 Å². The van der Waals surface area contributed by atoms with Crippen LogP contribution in [0.15, 0.2) is 24.3 Å². The highest BCUT2D eigenvalue weighted by Crippen LogP contribution is 2.24. The van der Waals surface area contributed by atoms with Crippen LogP contribution in [0.2, 0.25) is 0 Å². The Labute approximate surface area is 152 Å². The first-order valence-corrected chi connectivity index (χ1v) is 8.62. The van der Waals surface area contributed by atoms with Crippen LogP contribution in [0.1, 0.15) is 50.8 Å². The van der Waals surface area contributed by atoms with Crippen LogP contribution in [-0.4, -0.2) is 31.7 Å². The van der Waals surface area contributed by atoms with Crippen molar-refractivity contribution in [1.82, 2.24) is 10.6 Å². The molecule has 1 heterocycles. The summed E-state index contributed by atoms with van der Waals surface area (Å²) in [6.45, 7) is 8.11. The molecule has 1 fully saturated rings. The molecule has 1 saturated heterocycles. The van der Waals surface area contributed by atoms with Crippen LogP contribution in [0, 0.1) is 5.92 Å². The van der Waals surface area contributed by atoms with E-state index in [0.29, 0.717) is 5.92 Å². The number of benzene rings is 1. The first kappa shape index (κ1) is 20.9. The highest BCUT2D eigenvalue weighted by Gasteiger charge is 2.40. The Morgan fingerprint density at radius 1 is 1.21 bits per heavy atom. The highest BCUT2D eigenvalue weighted by atomic mass is 35.5. The van der Waals surface area contributed by atoms with Gasteiger partial charge in [0.15, 0.2) is 0 Å². The Hall–Kier alpha value is -1.10. The van der Waals surface area contributed by atoms with Gasteiger partial charge in [0, 0.05) is 7.11 Å². The summed E-state index contributed by atoms with van der Waals surface area (Å²) in [5.74, 6) is 0.653. The summed E-state index contributed by atoms with van der Waals surface area (Å²) in [5.41, 5.74) is 1.79. The van der Waals surface area contributed by atoms with Gasteiger partial charge in [0.05, 0.1) is 6.04 Å². The molecule has 1 atom stereocenters. The van der Waals surface area contributed by atoms with E-state index in [1.165, 1.54) is 5.56 Å². The van der Waals surface area contributed by atoms with Gasteiger partial charge in [0.2, 0.25) is 0 Å². The van der Waals surface area contributed by atoms with E-state index in [1.54, 1.807) is 7.11 Å². The molecule has 0 bridgehead atoms. The van der Waals surface area contributed by atoms with Crippen molar-refractivity contribution < 1.29 is 9.53 Å². The van der Waals surface area contributed by atoms with Gasteiger partial charge in [-0.05, 0) is 56.3 Å². The van der Waals surface area contributed by atoms with Crippen molar-refractivity contribution in [2.75, 3.05) is 20.2 Å². The fourth-order valence-electron chi connectivity index (χ4n) is 3.18. The number of hydrogen-bond donors (Lipinski definition) is 2. The second-order valence-electron chi connectivity index (χ2n) is 6.98. The molecular weight excluding hydrogens is 324 g/mol. The highest BCUT2D eigenvalue weighted by molar-refractivity contribution is 5.86. The fourth-order valence-corrected chi connectivity index (χ4v) is 3.18. The lowest BCUT2D eigenvalue weighted by atomic mass is 9.90. The molecule has 0 radical (unpaired) electrons. The third kappa shape index (κ3) is 5.20. The molecule has 1 amide bonds. The summed E-state index contributed by atoms with van der Waals surface area (Å²) in [4.78, 5) is 12.7. The van der Waals surface area contributed by atoms with Gasteiger partial charge in [-0.2, -0.15) is 0 Å². The number of ether oxygens (including phenoxy) is 1. The molecular formula is C19H31ClN2O2. The van der Waals surface area contributed by atoms with Gasteiger partial charge < -0.3 is 15.4 Å². The Balaban J connectivity index is 0.00000288. The Bertz CT molecular complexity index is 511. The molecule has 1 unspecified atom stereocenters. The molecule has 1 aromatic rings. The smallest absolute Gasteiger partial charge is 0.252 e. The van der Waals surface area contributed by atoms with E-state index in [9.17, 15) is 4.79 Å². The molecule has 2 N–H and O–H groups in total. The molecule has 1 aromatic carbocycles. The average molecular weight is 355 g/mol. The van der Waals surface area contributed by atoms with Crippen molar-refractivity contribution in [2.24, 2.45) is 5.92 Å². The predicted octanol–water partition coefficient (Wildman–Crippen LogP) is 3.25. The van der Waals surface area contributed by atoms with Gasteiger partial charge in [-0.25, -0.2) is 0 Å². The molecule has 5 heteroatoms. The van der Waals surface area contributed by atoms with Crippen molar-refractivity contribution in [3.8, 4) is 0 Å². The zero-order valence-electron chi connectivity index (χ0n) is 15.2. The molecule has 0 aromatic heterocycles. The molecule has 1 aliphatic heterocycles. The van der Waals surface area contributed by atoms with E-state index in [2.05, 4.69) is 48.7 Å². The standard InChI is InChI=1S/C19H30N2O2.ClH/c1-14(2)13-16-5-7-17(8-6-16)15(3)21-18(22)19(23-4)9-11-20-12-10-19;/h5-8,14-15,20H,9-13H2,1-4H3,(H,21,22);1H. The van der Waals surface area contributed by atoms with Crippen LogP contribution in [0.3, 0.4) is 0 Å². The minimum Gasteiger partial charge on any atom is -0.368 e. The molecule has 24 heavy (non-hydrogen) atoms. The van der Waals surface area contributed by atoms with E-state index < -0.39 is 5.60 Å². The van der Waals surface area contributed by atoms with Gasteiger partial charge in [0.1, 0.15) is 5.60 Å². The van der Waals surface area contributed by atoms with Crippen LogP contribution < -0.4 is 10.6 Å². The largest absolute Gasteiger partial charge is 0.368 e. The molecule has 1 aliphatic rings. The fraction of sp³-hybridized carbons (Fsp3) is 0.632. The summed E-state index contributed by atoms with van der Waals surface area (Å²) < 4.78 is 5.59. The first-order valence-electron chi connectivity index (χ1n) is 8.62. The molecule has 4 nitrogen and oxygen atoms in total. The Kier molecular flexibility index (Phi) is 8.20. The average Bonchev–Trinajstić information content (AvgIpc) is 2.55. The Morgan fingerprint density at radius 2 is 1.79 bits per heavy atom. The van der Waals surface area contributed by atoms with E-state index >= 15 is 0 Å². The molecule has 0 aliphatic carbocycles. The summed E-state index contributed by atoms with van der Waals surface area (Å²) in [7, 11) is 1.64. The third-order valence-corrected chi connectivity index (χ3v) is 4.69. The van der Waals surface area contributed by atoms with Crippen LogP contribution in [0.5, 0.6) is 0 Å².